The molecular weight excluding hydrogens is 253 g/mol. The van der Waals surface area contributed by atoms with Gasteiger partial charge in [-0.25, -0.2) is 4.39 Å². The summed E-state index contributed by atoms with van der Waals surface area (Å²) < 4.78 is 18.3. The zero-order valence-corrected chi connectivity index (χ0v) is 10.7. The van der Waals surface area contributed by atoms with Gasteiger partial charge in [0.1, 0.15) is 6.10 Å². The van der Waals surface area contributed by atoms with Gasteiger partial charge in [-0.1, -0.05) is 6.08 Å². The number of ether oxygens (including phenoxy) is 1. The van der Waals surface area contributed by atoms with Crippen molar-refractivity contribution in [2.45, 2.75) is 32.4 Å². The molecule has 0 saturated heterocycles. The smallest absolute Gasteiger partial charge is 0.303 e. The first kappa shape index (κ1) is 14.9. The first-order valence-electron chi connectivity index (χ1n) is 5.72. The molecule has 0 saturated carbocycles. The Hall–Kier alpha value is -2.18. The van der Waals surface area contributed by atoms with E-state index in [2.05, 4.69) is 5.32 Å². The summed E-state index contributed by atoms with van der Waals surface area (Å²) in [5.74, 6) is -2.35. The maximum absolute atomic E-state index is 13.4. The molecule has 0 aromatic carbocycles. The minimum atomic E-state index is -0.875. The van der Waals surface area contributed by atoms with E-state index in [0.717, 1.165) is 6.20 Å². The molecule has 0 fully saturated rings. The quantitative estimate of drug-likeness (QED) is 0.304. The van der Waals surface area contributed by atoms with Gasteiger partial charge in [0.05, 0.1) is 0 Å². The van der Waals surface area contributed by atoms with Crippen LogP contribution in [0.25, 0.3) is 0 Å². The third-order valence-electron chi connectivity index (χ3n) is 2.33. The summed E-state index contributed by atoms with van der Waals surface area (Å²) in [5.41, 5.74) is 0. The fourth-order valence-corrected chi connectivity index (χ4v) is 1.58. The second-order valence-electron chi connectivity index (χ2n) is 4.09. The highest BCUT2D eigenvalue weighted by atomic mass is 19.1. The Labute approximate surface area is 110 Å². The predicted molar refractivity (Wildman–Crippen MR) is 67.0 cm³/mol. The van der Waals surface area contributed by atoms with Crippen LogP contribution in [-0.4, -0.2) is 29.9 Å². The fraction of sp³-hybridized carbons (Fsp3) is 0.417. The van der Waals surface area contributed by atoms with Crippen LogP contribution in [0.1, 0.15) is 20.3 Å². The summed E-state index contributed by atoms with van der Waals surface area (Å²) in [4.78, 5) is 21.4. The maximum atomic E-state index is 13.4. The average molecular weight is 269 g/mol. The molecular formula is C12H16FN3O3. The molecule has 1 aliphatic rings. The monoisotopic (exact) mass is 269 g/mol. The maximum Gasteiger partial charge on any atom is 0.303 e. The number of esters is 1. The molecule has 0 radical (unpaired) electrons. The standard InChI is InChI=1S/C12H16FN3O3/c1-7(17)16-12(14)11(13)6-15-9-3-4-10(5-9)19-8(2)18/h3-4,6,9-10,15H,5H2,1-2H3,(H2,14,16,17)/b11-6+/t9-,10+/m0/s1. The van der Waals surface area contributed by atoms with Gasteiger partial charge in [0.2, 0.25) is 5.91 Å². The number of nitrogens with one attached hydrogen (secondary N) is 3. The fourth-order valence-electron chi connectivity index (χ4n) is 1.58. The zero-order chi connectivity index (χ0) is 14.4. The highest BCUT2D eigenvalue weighted by molar-refractivity contribution is 6.03. The van der Waals surface area contributed by atoms with Gasteiger partial charge in [0.25, 0.3) is 0 Å². The van der Waals surface area contributed by atoms with Crippen LogP contribution in [0.3, 0.4) is 0 Å². The van der Waals surface area contributed by atoms with Gasteiger partial charge in [-0.15, -0.1) is 0 Å². The van der Waals surface area contributed by atoms with Gasteiger partial charge in [0.15, 0.2) is 11.7 Å². The molecule has 104 valence electrons. The summed E-state index contributed by atoms with van der Waals surface area (Å²) >= 11 is 0. The molecule has 2 atom stereocenters. The van der Waals surface area contributed by atoms with Crippen LogP contribution in [0, 0.1) is 5.41 Å². The average Bonchev–Trinajstić information content (AvgIpc) is 2.71. The third kappa shape index (κ3) is 5.33. The van der Waals surface area contributed by atoms with Crippen LogP contribution in [0.2, 0.25) is 0 Å². The lowest BCUT2D eigenvalue weighted by Crippen LogP contribution is -2.29. The Kier molecular flexibility index (Phi) is 5.23. The molecule has 1 rings (SSSR count). The van der Waals surface area contributed by atoms with Gasteiger partial charge in [0, 0.05) is 32.5 Å². The molecule has 0 spiro atoms. The van der Waals surface area contributed by atoms with Crippen LogP contribution < -0.4 is 10.6 Å². The molecule has 3 N–H and O–H groups in total. The van der Waals surface area contributed by atoms with Gasteiger partial charge in [-0.05, 0) is 6.08 Å². The van der Waals surface area contributed by atoms with Crippen LogP contribution in [0.4, 0.5) is 4.39 Å². The van der Waals surface area contributed by atoms with Crippen molar-refractivity contribution in [1.29, 1.82) is 5.41 Å². The largest absolute Gasteiger partial charge is 0.458 e. The number of amides is 1. The number of hydrogen-bond donors (Lipinski definition) is 3. The summed E-state index contributed by atoms with van der Waals surface area (Å²) in [7, 11) is 0. The Morgan fingerprint density at radius 2 is 2.11 bits per heavy atom. The van der Waals surface area contributed by atoms with Crippen LogP contribution >= 0.6 is 0 Å². The number of carbonyl (C=O) groups excluding carboxylic acids is 2. The summed E-state index contributed by atoms with van der Waals surface area (Å²) in [6, 6.07) is -0.180. The van der Waals surface area contributed by atoms with E-state index < -0.39 is 17.6 Å². The Bertz CT molecular complexity index is 446. The van der Waals surface area contributed by atoms with E-state index in [-0.39, 0.29) is 18.1 Å². The summed E-state index contributed by atoms with van der Waals surface area (Å²) in [5, 5.41) is 12.0. The third-order valence-corrected chi connectivity index (χ3v) is 2.33. The van der Waals surface area contributed by atoms with E-state index in [1.54, 1.807) is 12.2 Å². The molecule has 0 unspecified atom stereocenters. The van der Waals surface area contributed by atoms with Crippen molar-refractivity contribution in [3.63, 3.8) is 0 Å². The SMILES string of the molecule is CC(=O)NC(=N)/C(F)=C\N[C@H]1C=C[C@@H](OC(C)=O)C1. The lowest BCUT2D eigenvalue weighted by Gasteiger charge is -2.12. The minimum absolute atomic E-state index is 0.180. The Morgan fingerprint density at radius 1 is 1.42 bits per heavy atom. The van der Waals surface area contributed by atoms with E-state index in [9.17, 15) is 14.0 Å². The van der Waals surface area contributed by atoms with Crippen molar-refractivity contribution in [2.24, 2.45) is 0 Å². The van der Waals surface area contributed by atoms with Crippen molar-refractivity contribution in [3.05, 3.63) is 24.2 Å². The van der Waals surface area contributed by atoms with Crippen molar-refractivity contribution < 1.29 is 18.7 Å². The number of halogens is 1. The minimum Gasteiger partial charge on any atom is -0.458 e. The first-order chi connectivity index (χ1) is 8.88. The molecule has 1 aliphatic carbocycles. The molecule has 0 aromatic heterocycles. The van der Waals surface area contributed by atoms with Gasteiger partial charge in [-0.3, -0.25) is 15.0 Å². The molecule has 6 nitrogen and oxygen atoms in total. The molecule has 19 heavy (non-hydrogen) atoms. The lowest BCUT2D eigenvalue weighted by atomic mass is 10.2. The number of rotatable bonds is 4. The molecule has 0 aliphatic heterocycles. The van der Waals surface area contributed by atoms with E-state index in [4.69, 9.17) is 10.1 Å². The Balaban J connectivity index is 2.41. The molecule has 0 bridgehead atoms. The van der Waals surface area contributed by atoms with Crippen molar-refractivity contribution in [3.8, 4) is 0 Å². The number of amidine groups is 1. The first-order valence-corrected chi connectivity index (χ1v) is 5.72. The molecule has 0 heterocycles. The second-order valence-corrected chi connectivity index (χ2v) is 4.09. The second kappa shape index (κ2) is 6.67. The van der Waals surface area contributed by atoms with Crippen LogP contribution in [0.5, 0.6) is 0 Å². The highest BCUT2D eigenvalue weighted by Crippen LogP contribution is 2.14. The normalized spacial score (nSPS) is 21.9. The van der Waals surface area contributed by atoms with E-state index in [1.807, 2.05) is 5.32 Å². The van der Waals surface area contributed by atoms with Crippen molar-refractivity contribution in [1.82, 2.24) is 10.6 Å². The zero-order valence-electron chi connectivity index (χ0n) is 10.7. The highest BCUT2D eigenvalue weighted by Gasteiger charge is 2.20. The molecule has 7 heteroatoms. The van der Waals surface area contributed by atoms with Crippen LogP contribution in [0.15, 0.2) is 24.2 Å². The predicted octanol–water partition coefficient (Wildman–Crippen LogP) is 0.760. The van der Waals surface area contributed by atoms with E-state index in [1.165, 1.54) is 13.8 Å². The topological polar surface area (TPSA) is 91.3 Å². The van der Waals surface area contributed by atoms with Crippen molar-refractivity contribution >= 4 is 17.7 Å². The van der Waals surface area contributed by atoms with Gasteiger partial charge >= 0.3 is 5.97 Å². The summed E-state index contributed by atoms with van der Waals surface area (Å²) in [6.07, 6.45) is 4.64. The van der Waals surface area contributed by atoms with Crippen LogP contribution in [-0.2, 0) is 14.3 Å². The number of carbonyl (C=O) groups is 2. The molecule has 1 amide bonds. The Morgan fingerprint density at radius 3 is 2.68 bits per heavy atom. The summed E-state index contributed by atoms with van der Waals surface area (Å²) in [6.45, 7) is 2.52. The lowest BCUT2D eigenvalue weighted by molar-refractivity contribution is -0.144. The van der Waals surface area contributed by atoms with E-state index in [0.29, 0.717) is 6.42 Å². The van der Waals surface area contributed by atoms with Gasteiger partial charge in [-0.2, -0.15) is 0 Å². The van der Waals surface area contributed by atoms with E-state index >= 15 is 0 Å². The van der Waals surface area contributed by atoms with Crippen molar-refractivity contribution in [2.75, 3.05) is 0 Å². The molecule has 0 aromatic rings. The van der Waals surface area contributed by atoms with Gasteiger partial charge < -0.3 is 15.4 Å². The number of hydrogen-bond acceptors (Lipinski definition) is 5.